The molecule has 4 nitrogen and oxygen atoms in total. The Morgan fingerprint density at radius 3 is 2.36 bits per heavy atom. The van der Waals surface area contributed by atoms with Crippen molar-refractivity contribution >= 4 is 34.5 Å². The van der Waals surface area contributed by atoms with E-state index < -0.39 is 5.97 Å². The standard InChI is InChI=1S/C17H16INO3/c18-15-8-6-14(7-9-15)17(21)22-12-16(20)19-11-10-13-4-2-1-3-5-13/h1-9H,10-12H2,(H,19,20). The van der Waals surface area contributed by atoms with Crippen molar-refractivity contribution in [3.05, 3.63) is 69.3 Å². The summed E-state index contributed by atoms with van der Waals surface area (Å²) in [7, 11) is 0. The van der Waals surface area contributed by atoms with E-state index in [4.69, 9.17) is 4.74 Å². The summed E-state index contributed by atoms with van der Waals surface area (Å²) in [5, 5.41) is 2.73. The highest BCUT2D eigenvalue weighted by atomic mass is 127. The second-order valence-electron chi connectivity index (χ2n) is 4.67. The number of halogens is 1. The fourth-order valence-electron chi connectivity index (χ4n) is 1.84. The zero-order valence-electron chi connectivity index (χ0n) is 11.9. The molecule has 0 aliphatic carbocycles. The Balaban J connectivity index is 1.69. The topological polar surface area (TPSA) is 55.4 Å². The van der Waals surface area contributed by atoms with Gasteiger partial charge < -0.3 is 10.1 Å². The largest absolute Gasteiger partial charge is 0.452 e. The Kier molecular flexibility index (Phi) is 6.39. The monoisotopic (exact) mass is 409 g/mol. The summed E-state index contributed by atoms with van der Waals surface area (Å²) < 4.78 is 6.01. The molecule has 0 aliphatic rings. The van der Waals surface area contributed by atoms with E-state index in [1.165, 1.54) is 0 Å². The van der Waals surface area contributed by atoms with E-state index >= 15 is 0 Å². The maximum atomic E-state index is 11.8. The molecule has 2 aromatic rings. The van der Waals surface area contributed by atoms with E-state index in [0.717, 1.165) is 15.6 Å². The molecular weight excluding hydrogens is 393 g/mol. The normalized spacial score (nSPS) is 10.0. The number of esters is 1. The van der Waals surface area contributed by atoms with Gasteiger partial charge in [-0.2, -0.15) is 0 Å². The average Bonchev–Trinajstić information content (AvgIpc) is 2.54. The number of rotatable bonds is 6. The Morgan fingerprint density at radius 1 is 1.00 bits per heavy atom. The third-order valence-electron chi connectivity index (χ3n) is 2.99. The molecule has 0 aromatic heterocycles. The summed E-state index contributed by atoms with van der Waals surface area (Å²) in [5.74, 6) is -0.788. The summed E-state index contributed by atoms with van der Waals surface area (Å²) in [5.41, 5.74) is 1.59. The number of benzene rings is 2. The van der Waals surface area contributed by atoms with Crippen LogP contribution in [0.2, 0.25) is 0 Å². The maximum Gasteiger partial charge on any atom is 0.338 e. The van der Waals surface area contributed by atoms with Crippen molar-refractivity contribution < 1.29 is 14.3 Å². The first-order chi connectivity index (χ1) is 10.6. The van der Waals surface area contributed by atoms with Gasteiger partial charge in [-0.15, -0.1) is 0 Å². The van der Waals surface area contributed by atoms with Crippen LogP contribution in [0.15, 0.2) is 54.6 Å². The van der Waals surface area contributed by atoms with Crippen LogP contribution in [0.4, 0.5) is 0 Å². The van der Waals surface area contributed by atoms with Crippen LogP contribution < -0.4 is 5.32 Å². The van der Waals surface area contributed by atoms with Gasteiger partial charge in [-0.05, 0) is 58.8 Å². The molecule has 22 heavy (non-hydrogen) atoms. The van der Waals surface area contributed by atoms with Crippen LogP contribution in [0.25, 0.3) is 0 Å². The van der Waals surface area contributed by atoms with E-state index in [0.29, 0.717) is 12.1 Å². The third kappa shape index (κ3) is 5.48. The number of carbonyl (C=O) groups is 2. The summed E-state index contributed by atoms with van der Waals surface area (Å²) in [6, 6.07) is 16.9. The first-order valence-corrected chi connectivity index (χ1v) is 7.96. The number of nitrogens with one attached hydrogen (secondary N) is 1. The van der Waals surface area contributed by atoms with Crippen molar-refractivity contribution in [2.75, 3.05) is 13.2 Å². The van der Waals surface area contributed by atoms with Crippen LogP contribution in [0.5, 0.6) is 0 Å². The first-order valence-electron chi connectivity index (χ1n) is 6.88. The lowest BCUT2D eigenvalue weighted by Gasteiger charge is -2.07. The van der Waals surface area contributed by atoms with E-state index in [1.54, 1.807) is 12.1 Å². The average molecular weight is 409 g/mol. The minimum absolute atomic E-state index is 0.264. The van der Waals surface area contributed by atoms with Crippen LogP contribution in [0.3, 0.4) is 0 Å². The summed E-state index contributed by atoms with van der Waals surface area (Å²) >= 11 is 2.16. The number of hydrogen-bond acceptors (Lipinski definition) is 3. The minimum Gasteiger partial charge on any atom is -0.452 e. The summed E-state index contributed by atoms with van der Waals surface area (Å²) in [6.07, 6.45) is 0.748. The van der Waals surface area contributed by atoms with Crippen molar-refractivity contribution in [1.82, 2.24) is 5.32 Å². The predicted octanol–water partition coefficient (Wildman–Crippen LogP) is 2.81. The lowest BCUT2D eigenvalue weighted by molar-refractivity contribution is -0.124. The van der Waals surface area contributed by atoms with Crippen LogP contribution in [0, 0.1) is 3.57 Å². The molecule has 0 saturated heterocycles. The van der Waals surface area contributed by atoms with E-state index in [1.807, 2.05) is 42.5 Å². The van der Waals surface area contributed by atoms with Crippen LogP contribution in [-0.4, -0.2) is 25.0 Å². The van der Waals surface area contributed by atoms with Gasteiger partial charge >= 0.3 is 5.97 Å². The Morgan fingerprint density at radius 2 is 1.68 bits per heavy atom. The zero-order chi connectivity index (χ0) is 15.8. The Hall–Kier alpha value is -1.89. The molecule has 0 radical (unpaired) electrons. The molecule has 0 spiro atoms. The van der Waals surface area contributed by atoms with Crippen molar-refractivity contribution in [1.29, 1.82) is 0 Å². The Labute approximate surface area is 143 Å². The minimum atomic E-state index is -0.491. The molecule has 0 unspecified atom stereocenters. The van der Waals surface area contributed by atoms with Gasteiger partial charge in [0.1, 0.15) is 0 Å². The molecule has 0 saturated carbocycles. The Bertz CT molecular complexity index is 626. The summed E-state index contributed by atoms with van der Waals surface area (Å²) in [4.78, 5) is 23.4. The number of carbonyl (C=O) groups excluding carboxylic acids is 2. The van der Waals surface area contributed by atoms with Crippen LogP contribution in [-0.2, 0) is 16.0 Å². The molecule has 2 aromatic carbocycles. The van der Waals surface area contributed by atoms with Crippen LogP contribution >= 0.6 is 22.6 Å². The van der Waals surface area contributed by atoms with Gasteiger partial charge in [-0.25, -0.2) is 4.79 Å². The molecule has 0 atom stereocenters. The predicted molar refractivity (Wildman–Crippen MR) is 92.6 cm³/mol. The van der Waals surface area contributed by atoms with Crippen LogP contribution in [0.1, 0.15) is 15.9 Å². The molecule has 114 valence electrons. The van der Waals surface area contributed by atoms with E-state index in [-0.39, 0.29) is 12.5 Å². The number of hydrogen-bond donors (Lipinski definition) is 1. The van der Waals surface area contributed by atoms with Gasteiger partial charge in [-0.1, -0.05) is 30.3 Å². The van der Waals surface area contributed by atoms with Gasteiger partial charge in [0, 0.05) is 10.1 Å². The highest BCUT2D eigenvalue weighted by Crippen LogP contribution is 2.07. The second kappa shape index (κ2) is 8.53. The van der Waals surface area contributed by atoms with Crippen molar-refractivity contribution in [3.63, 3.8) is 0 Å². The first kappa shape index (κ1) is 16.5. The SMILES string of the molecule is O=C(COC(=O)c1ccc(I)cc1)NCCc1ccccc1. The van der Waals surface area contributed by atoms with Gasteiger partial charge in [0.15, 0.2) is 6.61 Å². The van der Waals surface area contributed by atoms with E-state index in [2.05, 4.69) is 27.9 Å². The van der Waals surface area contributed by atoms with Gasteiger partial charge in [0.2, 0.25) is 0 Å². The molecule has 0 fully saturated rings. The quantitative estimate of drug-likeness (QED) is 0.590. The highest BCUT2D eigenvalue weighted by molar-refractivity contribution is 14.1. The third-order valence-corrected chi connectivity index (χ3v) is 3.71. The molecule has 1 amide bonds. The molecule has 2 rings (SSSR count). The number of ether oxygens (including phenoxy) is 1. The second-order valence-corrected chi connectivity index (χ2v) is 5.91. The highest BCUT2D eigenvalue weighted by Gasteiger charge is 2.09. The smallest absolute Gasteiger partial charge is 0.338 e. The fraction of sp³-hybridized carbons (Fsp3) is 0.176. The van der Waals surface area contributed by atoms with Gasteiger partial charge in [-0.3, -0.25) is 4.79 Å². The van der Waals surface area contributed by atoms with E-state index in [9.17, 15) is 9.59 Å². The molecule has 1 N–H and O–H groups in total. The maximum absolute atomic E-state index is 11.8. The lowest BCUT2D eigenvalue weighted by atomic mass is 10.1. The fourth-order valence-corrected chi connectivity index (χ4v) is 2.20. The van der Waals surface area contributed by atoms with Crippen molar-refractivity contribution in [2.45, 2.75) is 6.42 Å². The molecule has 5 heteroatoms. The van der Waals surface area contributed by atoms with Gasteiger partial charge in [0.25, 0.3) is 5.91 Å². The van der Waals surface area contributed by atoms with Crippen molar-refractivity contribution in [2.24, 2.45) is 0 Å². The molecule has 0 bridgehead atoms. The molecule has 0 heterocycles. The number of amides is 1. The zero-order valence-corrected chi connectivity index (χ0v) is 14.1. The summed E-state index contributed by atoms with van der Waals surface area (Å²) in [6.45, 7) is 0.254. The van der Waals surface area contributed by atoms with Crippen molar-refractivity contribution in [3.8, 4) is 0 Å². The van der Waals surface area contributed by atoms with Gasteiger partial charge in [0.05, 0.1) is 5.56 Å². The lowest BCUT2D eigenvalue weighted by Crippen LogP contribution is -2.30. The molecular formula is C17H16INO3. The molecule has 0 aliphatic heterocycles.